The quantitative estimate of drug-likeness (QED) is 0.688. The van der Waals surface area contributed by atoms with Gasteiger partial charge in [0.1, 0.15) is 0 Å². The summed E-state index contributed by atoms with van der Waals surface area (Å²) in [7, 11) is 3.14. The molecule has 1 atom stereocenters. The summed E-state index contributed by atoms with van der Waals surface area (Å²) < 4.78 is 12.4. The molecule has 3 heterocycles. The fraction of sp³-hybridized carbons (Fsp3) is 0.350. The molecular formula is C20H22ClN5O3. The molecule has 0 saturated carbocycles. The summed E-state index contributed by atoms with van der Waals surface area (Å²) in [5, 5.41) is 12.0. The van der Waals surface area contributed by atoms with Crippen LogP contribution in [0.5, 0.6) is 11.5 Å². The van der Waals surface area contributed by atoms with Gasteiger partial charge in [0.25, 0.3) is 0 Å². The van der Waals surface area contributed by atoms with Crippen LogP contribution in [0, 0.1) is 5.92 Å². The number of aromatic nitrogens is 3. The largest absolute Gasteiger partial charge is 0.493 e. The van der Waals surface area contributed by atoms with Crippen LogP contribution >= 0.6 is 11.6 Å². The smallest absolute Gasteiger partial charge is 0.231 e. The molecule has 3 aromatic rings. The number of nitrogens with zero attached hydrogens (tertiary/aromatic N) is 4. The normalized spacial score (nSPS) is 16.7. The van der Waals surface area contributed by atoms with Crippen molar-refractivity contribution >= 4 is 34.8 Å². The van der Waals surface area contributed by atoms with Crippen molar-refractivity contribution in [3.63, 3.8) is 0 Å². The Morgan fingerprint density at radius 2 is 2.03 bits per heavy atom. The van der Waals surface area contributed by atoms with Crippen molar-refractivity contribution < 1.29 is 14.3 Å². The molecule has 1 N–H and O–H groups in total. The summed E-state index contributed by atoms with van der Waals surface area (Å²) in [6.07, 6.45) is 3.58. The van der Waals surface area contributed by atoms with Crippen LogP contribution in [0.25, 0.3) is 5.65 Å². The van der Waals surface area contributed by atoms with Gasteiger partial charge in [0.2, 0.25) is 11.9 Å². The average Bonchev–Trinajstić information content (AvgIpc) is 3.19. The minimum absolute atomic E-state index is 0.0335. The van der Waals surface area contributed by atoms with Crippen LogP contribution in [0.1, 0.15) is 12.8 Å². The molecule has 8 nitrogen and oxygen atoms in total. The third kappa shape index (κ3) is 3.80. The molecule has 0 radical (unpaired) electrons. The van der Waals surface area contributed by atoms with Gasteiger partial charge in [-0.1, -0.05) is 11.6 Å². The monoisotopic (exact) mass is 415 g/mol. The lowest BCUT2D eigenvalue weighted by molar-refractivity contribution is -0.120. The summed E-state index contributed by atoms with van der Waals surface area (Å²) in [6, 6.07) is 8.96. The molecule has 0 unspecified atom stereocenters. The summed E-state index contributed by atoms with van der Waals surface area (Å²) in [5.41, 5.74) is 1.28. The zero-order valence-corrected chi connectivity index (χ0v) is 17.0. The zero-order valence-electron chi connectivity index (χ0n) is 16.3. The topological polar surface area (TPSA) is 81.0 Å². The van der Waals surface area contributed by atoms with E-state index < -0.39 is 0 Å². The molecule has 2 aromatic heterocycles. The number of nitrogens with one attached hydrogen (secondary N) is 1. The number of carbonyl (C=O) groups excluding carboxylic acids is 1. The van der Waals surface area contributed by atoms with Crippen molar-refractivity contribution in [2.45, 2.75) is 12.8 Å². The van der Waals surface area contributed by atoms with Crippen molar-refractivity contribution in [3.05, 3.63) is 41.6 Å². The maximum atomic E-state index is 12.9. The van der Waals surface area contributed by atoms with Gasteiger partial charge in [0, 0.05) is 31.0 Å². The number of halogens is 1. The Morgan fingerprint density at radius 3 is 2.83 bits per heavy atom. The third-order valence-corrected chi connectivity index (χ3v) is 5.39. The fourth-order valence-electron chi connectivity index (χ4n) is 3.62. The Hall–Kier alpha value is -3.00. The molecule has 0 spiro atoms. The Kier molecular flexibility index (Phi) is 5.44. The molecule has 9 heteroatoms. The average molecular weight is 416 g/mol. The standard InChI is InChI=1S/C20H22ClN5O3/c1-28-16-8-7-14(11-17(16)29-2)22-19(27)13-5-3-9-25(12-13)20-24-23-18-15(21)6-4-10-26(18)20/h4,6-8,10-11,13H,3,5,9,12H2,1-2H3,(H,22,27)/t13-/m1/s1. The van der Waals surface area contributed by atoms with Crippen LogP contribution in [-0.2, 0) is 4.79 Å². The number of hydrogen-bond donors (Lipinski definition) is 1. The van der Waals surface area contributed by atoms with Crippen molar-refractivity contribution in [2.24, 2.45) is 5.92 Å². The number of ether oxygens (including phenoxy) is 2. The van der Waals surface area contributed by atoms with Gasteiger partial charge in [-0.15, -0.1) is 10.2 Å². The number of rotatable bonds is 5. The first-order valence-corrected chi connectivity index (χ1v) is 9.75. The van der Waals surface area contributed by atoms with E-state index in [0.717, 1.165) is 19.4 Å². The lowest BCUT2D eigenvalue weighted by Crippen LogP contribution is -2.41. The Balaban J connectivity index is 1.49. The van der Waals surface area contributed by atoms with Crippen molar-refractivity contribution in [2.75, 3.05) is 37.5 Å². The van der Waals surface area contributed by atoms with Crippen LogP contribution in [0.2, 0.25) is 5.02 Å². The van der Waals surface area contributed by atoms with Gasteiger partial charge in [0.15, 0.2) is 17.1 Å². The van der Waals surface area contributed by atoms with Crippen LogP contribution in [-0.4, -0.2) is 47.8 Å². The maximum Gasteiger partial charge on any atom is 0.231 e. The molecular weight excluding hydrogens is 394 g/mol. The van der Waals surface area contributed by atoms with Gasteiger partial charge in [-0.05, 0) is 37.1 Å². The molecule has 1 saturated heterocycles. The van der Waals surface area contributed by atoms with Gasteiger partial charge in [-0.2, -0.15) is 0 Å². The highest BCUT2D eigenvalue weighted by molar-refractivity contribution is 6.33. The summed E-state index contributed by atoms with van der Waals surface area (Å²) in [5.74, 6) is 1.69. The molecule has 1 aromatic carbocycles. The van der Waals surface area contributed by atoms with E-state index in [0.29, 0.717) is 40.3 Å². The Bertz CT molecular complexity index is 1040. The number of amides is 1. The summed E-state index contributed by atoms with van der Waals surface area (Å²) in [4.78, 5) is 15.0. The fourth-order valence-corrected chi connectivity index (χ4v) is 3.82. The van der Waals surface area contributed by atoms with Crippen molar-refractivity contribution in [1.29, 1.82) is 0 Å². The number of carbonyl (C=O) groups is 1. The van der Waals surface area contributed by atoms with Crippen LogP contribution in [0.3, 0.4) is 0 Å². The molecule has 0 aliphatic carbocycles. The van der Waals surface area contributed by atoms with E-state index in [1.807, 2.05) is 16.7 Å². The Labute approximate surface area is 173 Å². The highest BCUT2D eigenvalue weighted by Crippen LogP contribution is 2.31. The minimum atomic E-state index is -0.164. The van der Waals surface area contributed by atoms with Gasteiger partial charge in [-0.25, -0.2) is 0 Å². The first-order valence-electron chi connectivity index (χ1n) is 9.38. The zero-order chi connectivity index (χ0) is 20.4. The van der Waals surface area contributed by atoms with E-state index in [1.165, 1.54) is 0 Å². The number of fused-ring (bicyclic) bond motifs is 1. The molecule has 29 heavy (non-hydrogen) atoms. The molecule has 1 aliphatic rings. The number of benzene rings is 1. The van der Waals surface area contributed by atoms with E-state index in [2.05, 4.69) is 20.4 Å². The van der Waals surface area contributed by atoms with Crippen LogP contribution in [0.15, 0.2) is 36.5 Å². The highest BCUT2D eigenvalue weighted by atomic mass is 35.5. The molecule has 1 aliphatic heterocycles. The van der Waals surface area contributed by atoms with Gasteiger partial charge < -0.3 is 19.7 Å². The van der Waals surface area contributed by atoms with E-state index in [-0.39, 0.29) is 11.8 Å². The lowest BCUT2D eigenvalue weighted by atomic mass is 9.97. The Morgan fingerprint density at radius 1 is 1.21 bits per heavy atom. The number of hydrogen-bond acceptors (Lipinski definition) is 6. The number of methoxy groups -OCH3 is 2. The second kappa shape index (κ2) is 8.16. The van der Waals surface area contributed by atoms with Crippen LogP contribution in [0.4, 0.5) is 11.6 Å². The van der Waals surface area contributed by atoms with E-state index in [9.17, 15) is 4.79 Å². The number of piperidine rings is 1. The summed E-state index contributed by atoms with van der Waals surface area (Å²) in [6.45, 7) is 1.37. The molecule has 0 bridgehead atoms. The lowest BCUT2D eigenvalue weighted by Gasteiger charge is -2.32. The number of anilines is 2. The molecule has 1 amide bonds. The predicted molar refractivity (Wildman–Crippen MR) is 111 cm³/mol. The first-order chi connectivity index (χ1) is 14.1. The first kappa shape index (κ1) is 19.3. The van der Waals surface area contributed by atoms with Crippen LogP contribution < -0.4 is 19.7 Å². The van der Waals surface area contributed by atoms with E-state index >= 15 is 0 Å². The molecule has 4 rings (SSSR count). The minimum Gasteiger partial charge on any atom is -0.493 e. The van der Waals surface area contributed by atoms with Crippen molar-refractivity contribution in [1.82, 2.24) is 14.6 Å². The predicted octanol–water partition coefficient (Wildman–Crippen LogP) is 3.26. The second-order valence-electron chi connectivity index (χ2n) is 6.89. The van der Waals surface area contributed by atoms with Gasteiger partial charge in [0.05, 0.1) is 25.2 Å². The van der Waals surface area contributed by atoms with E-state index in [1.54, 1.807) is 38.5 Å². The van der Waals surface area contributed by atoms with Gasteiger partial charge >= 0.3 is 0 Å². The highest BCUT2D eigenvalue weighted by Gasteiger charge is 2.28. The number of pyridine rings is 1. The second-order valence-corrected chi connectivity index (χ2v) is 7.30. The SMILES string of the molecule is COc1ccc(NC(=O)[C@@H]2CCCN(c3nnc4c(Cl)cccn34)C2)cc1OC. The third-order valence-electron chi connectivity index (χ3n) is 5.10. The van der Waals surface area contributed by atoms with Gasteiger partial charge in [-0.3, -0.25) is 9.20 Å². The van der Waals surface area contributed by atoms with E-state index in [4.69, 9.17) is 21.1 Å². The molecule has 152 valence electrons. The summed E-state index contributed by atoms with van der Waals surface area (Å²) >= 11 is 6.20. The maximum absolute atomic E-state index is 12.9. The molecule has 1 fully saturated rings. The van der Waals surface area contributed by atoms with Crippen molar-refractivity contribution in [3.8, 4) is 11.5 Å².